The predicted octanol–water partition coefficient (Wildman–Crippen LogP) is 5.10. The summed E-state index contributed by atoms with van der Waals surface area (Å²) in [4.78, 5) is 17.7. The minimum absolute atomic E-state index is 0.193. The number of hydrogen-bond acceptors (Lipinski definition) is 5. The Bertz CT molecular complexity index is 1160. The molecule has 0 amide bonds. The standard InChI is InChI=1S/C25H26N4O2/c1-15(2)16-7-9-17(10-8-16)23-22-20(5-4-6-21(22)30)26-25-27-24(28-29(23)25)18-11-13-19(31-3)14-12-18/h7-15,23H,4-6H2,1-3H3,(H,26,27,28). The number of methoxy groups -OCH3 is 1. The number of hydrogen-bond donors (Lipinski definition) is 1. The SMILES string of the molecule is COc1ccc(-c2nc3n(n2)C(c2ccc(C(C)C)cc2)C2=C(CCCC2=O)N3)cc1. The molecule has 6 heteroatoms. The number of benzene rings is 2. The van der Waals surface area contributed by atoms with Crippen molar-refractivity contribution in [1.82, 2.24) is 14.8 Å². The van der Waals surface area contributed by atoms with Crippen molar-refractivity contribution in [2.24, 2.45) is 0 Å². The van der Waals surface area contributed by atoms with Crippen molar-refractivity contribution in [3.8, 4) is 17.1 Å². The van der Waals surface area contributed by atoms with Gasteiger partial charge in [0.1, 0.15) is 11.8 Å². The number of nitrogens with zero attached hydrogens (tertiary/aromatic N) is 3. The van der Waals surface area contributed by atoms with Crippen LogP contribution in [0.5, 0.6) is 5.75 Å². The molecule has 1 aliphatic heterocycles. The van der Waals surface area contributed by atoms with Gasteiger partial charge >= 0.3 is 0 Å². The number of carbonyl (C=O) groups excluding carboxylic acids is 1. The summed E-state index contributed by atoms with van der Waals surface area (Å²) in [6, 6.07) is 16.0. The van der Waals surface area contributed by atoms with E-state index in [0.29, 0.717) is 24.1 Å². The second kappa shape index (κ2) is 7.69. The van der Waals surface area contributed by atoms with E-state index >= 15 is 0 Å². The molecule has 1 aromatic heterocycles. The smallest absolute Gasteiger partial charge is 0.226 e. The molecule has 0 fully saturated rings. The summed E-state index contributed by atoms with van der Waals surface area (Å²) in [6.07, 6.45) is 2.30. The van der Waals surface area contributed by atoms with Crippen molar-refractivity contribution in [3.05, 3.63) is 70.9 Å². The fourth-order valence-corrected chi connectivity index (χ4v) is 4.39. The number of ketones is 1. The van der Waals surface area contributed by atoms with Gasteiger partial charge in [0, 0.05) is 23.3 Å². The Hall–Kier alpha value is -3.41. The van der Waals surface area contributed by atoms with Gasteiger partial charge in [-0.25, -0.2) is 4.68 Å². The monoisotopic (exact) mass is 414 g/mol. The number of fused-ring (bicyclic) bond motifs is 1. The number of nitrogens with one attached hydrogen (secondary N) is 1. The molecule has 1 aliphatic carbocycles. The number of aromatic nitrogens is 3. The highest BCUT2D eigenvalue weighted by Crippen LogP contribution is 2.40. The van der Waals surface area contributed by atoms with Gasteiger partial charge in [0.15, 0.2) is 11.6 Å². The Labute approximate surface area is 182 Å². The summed E-state index contributed by atoms with van der Waals surface area (Å²) in [6.45, 7) is 4.36. The van der Waals surface area contributed by atoms with Crippen LogP contribution in [0.3, 0.4) is 0 Å². The Kier molecular flexibility index (Phi) is 4.85. The summed E-state index contributed by atoms with van der Waals surface area (Å²) >= 11 is 0. The summed E-state index contributed by atoms with van der Waals surface area (Å²) in [7, 11) is 1.65. The van der Waals surface area contributed by atoms with Crippen molar-refractivity contribution in [3.63, 3.8) is 0 Å². The molecule has 5 rings (SSSR count). The minimum Gasteiger partial charge on any atom is -0.497 e. The molecule has 1 atom stereocenters. The predicted molar refractivity (Wildman–Crippen MR) is 120 cm³/mol. The van der Waals surface area contributed by atoms with E-state index in [4.69, 9.17) is 14.8 Å². The average Bonchev–Trinajstić information content (AvgIpc) is 3.21. The van der Waals surface area contributed by atoms with E-state index in [1.54, 1.807) is 7.11 Å². The second-order valence-electron chi connectivity index (χ2n) is 8.45. The highest BCUT2D eigenvalue weighted by Gasteiger charge is 2.36. The van der Waals surface area contributed by atoms with Gasteiger partial charge in [-0.2, -0.15) is 4.98 Å². The van der Waals surface area contributed by atoms with Crippen LogP contribution in [0.1, 0.15) is 56.2 Å². The quantitative estimate of drug-likeness (QED) is 0.643. The van der Waals surface area contributed by atoms with E-state index in [9.17, 15) is 4.79 Å². The lowest BCUT2D eigenvalue weighted by molar-refractivity contribution is -0.116. The van der Waals surface area contributed by atoms with E-state index in [1.165, 1.54) is 5.56 Å². The summed E-state index contributed by atoms with van der Waals surface area (Å²) in [5, 5.41) is 8.23. The summed E-state index contributed by atoms with van der Waals surface area (Å²) < 4.78 is 7.13. The van der Waals surface area contributed by atoms with Crippen LogP contribution < -0.4 is 10.1 Å². The lowest BCUT2D eigenvalue weighted by Crippen LogP contribution is -2.31. The van der Waals surface area contributed by atoms with Crippen LogP contribution in [-0.2, 0) is 4.79 Å². The fourth-order valence-electron chi connectivity index (χ4n) is 4.39. The Balaban J connectivity index is 1.61. The number of Topliss-reactive ketones (excluding diaryl/α,β-unsaturated/α-hetero) is 1. The van der Waals surface area contributed by atoms with Gasteiger partial charge in [0.2, 0.25) is 5.95 Å². The summed E-state index contributed by atoms with van der Waals surface area (Å²) in [5.41, 5.74) is 5.04. The van der Waals surface area contributed by atoms with Crippen LogP contribution >= 0.6 is 0 Å². The van der Waals surface area contributed by atoms with Gasteiger partial charge < -0.3 is 10.1 Å². The molecule has 2 aliphatic rings. The third kappa shape index (κ3) is 3.42. The first kappa shape index (κ1) is 19.5. The number of anilines is 1. The first-order chi connectivity index (χ1) is 15.0. The third-order valence-electron chi connectivity index (χ3n) is 6.14. The maximum atomic E-state index is 13.0. The topological polar surface area (TPSA) is 69.0 Å². The zero-order valence-corrected chi connectivity index (χ0v) is 18.1. The van der Waals surface area contributed by atoms with Crippen molar-refractivity contribution in [2.45, 2.75) is 45.1 Å². The van der Waals surface area contributed by atoms with Crippen LogP contribution in [0.2, 0.25) is 0 Å². The molecule has 158 valence electrons. The minimum atomic E-state index is -0.264. The van der Waals surface area contributed by atoms with E-state index in [2.05, 4.69) is 43.4 Å². The summed E-state index contributed by atoms with van der Waals surface area (Å²) in [5.74, 6) is 2.74. The van der Waals surface area contributed by atoms with Crippen molar-refractivity contribution in [1.29, 1.82) is 0 Å². The molecule has 1 unspecified atom stereocenters. The maximum Gasteiger partial charge on any atom is 0.226 e. The normalized spacial score (nSPS) is 17.9. The van der Waals surface area contributed by atoms with Gasteiger partial charge in [0.05, 0.1) is 7.11 Å². The number of carbonyl (C=O) groups is 1. The van der Waals surface area contributed by atoms with E-state index in [-0.39, 0.29) is 11.8 Å². The average molecular weight is 415 g/mol. The van der Waals surface area contributed by atoms with Gasteiger partial charge in [-0.3, -0.25) is 4.79 Å². The number of allylic oxidation sites excluding steroid dienone is 2. The molecular formula is C25H26N4O2. The lowest BCUT2D eigenvalue weighted by Gasteiger charge is -2.32. The Morgan fingerprint density at radius 2 is 1.81 bits per heavy atom. The van der Waals surface area contributed by atoms with Crippen molar-refractivity contribution >= 4 is 11.7 Å². The van der Waals surface area contributed by atoms with E-state index < -0.39 is 0 Å². The molecule has 31 heavy (non-hydrogen) atoms. The van der Waals surface area contributed by atoms with Crippen LogP contribution in [0.25, 0.3) is 11.4 Å². The number of rotatable bonds is 4. The Morgan fingerprint density at radius 1 is 1.06 bits per heavy atom. The zero-order chi connectivity index (χ0) is 21.5. The highest BCUT2D eigenvalue weighted by atomic mass is 16.5. The van der Waals surface area contributed by atoms with Crippen LogP contribution in [-0.4, -0.2) is 27.7 Å². The molecule has 3 aromatic rings. The lowest BCUT2D eigenvalue weighted by atomic mass is 9.85. The molecule has 0 bridgehead atoms. The maximum absolute atomic E-state index is 13.0. The molecule has 1 N–H and O–H groups in total. The second-order valence-corrected chi connectivity index (χ2v) is 8.45. The van der Waals surface area contributed by atoms with Crippen LogP contribution in [0, 0.1) is 0 Å². The Morgan fingerprint density at radius 3 is 2.48 bits per heavy atom. The fraction of sp³-hybridized carbons (Fsp3) is 0.320. The number of ether oxygens (including phenoxy) is 1. The van der Waals surface area contributed by atoms with Gasteiger partial charge in [-0.05, 0) is 54.2 Å². The highest BCUT2D eigenvalue weighted by molar-refractivity contribution is 5.99. The van der Waals surface area contributed by atoms with E-state index in [1.807, 2.05) is 28.9 Å². The molecule has 0 saturated carbocycles. The molecule has 0 saturated heterocycles. The van der Waals surface area contributed by atoms with Gasteiger partial charge in [0.25, 0.3) is 0 Å². The first-order valence-corrected chi connectivity index (χ1v) is 10.8. The molecule has 2 heterocycles. The van der Waals surface area contributed by atoms with Crippen molar-refractivity contribution < 1.29 is 9.53 Å². The molecule has 6 nitrogen and oxygen atoms in total. The molecule has 2 aromatic carbocycles. The first-order valence-electron chi connectivity index (χ1n) is 10.8. The largest absolute Gasteiger partial charge is 0.497 e. The van der Waals surface area contributed by atoms with Crippen LogP contribution in [0.4, 0.5) is 5.95 Å². The van der Waals surface area contributed by atoms with Gasteiger partial charge in [-0.15, -0.1) is 5.10 Å². The molecular weight excluding hydrogens is 388 g/mol. The third-order valence-corrected chi connectivity index (χ3v) is 6.14. The zero-order valence-electron chi connectivity index (χ0n) is 18.1. The van der Waals surface area contributed by atoms with Crippen molar-refractivity contribution in [2.75, 3.05) is 12.4 Å². The molecule has 0 spiro atoms. The molecule has 0 radical (unpaired) electrons. The van der Waals surface area contributed by atoms with E-state index in [0.717, 1.165) is 41.0 Å². The van der Waals surface area contributed by atoms with Gasteiger partial charge in [-0.1, -0.05) is 38.1 Å². The van der Waals surface area contributed by atoms with Crippen LogP contribution in [0.15, 0.2) is 59.8 Å².